The number of hydrogen-bond donors (Lipinski definition) is 1. The van der Waals surface area contributed by atoms with Crippen molar-refractivity contribution in [2.45, 2.75) is 25.3 Å². The fourth-order valence-electron chi connectivity index (χ4n) is 3.13. The van der Waals surface area contributed by atoms with Gasteiger partial charge in [0.05, 0.1) is 7.11 Å². The number of rotatable bonds is 5. The normalized spacial score (nSPS) is 20.7. The molecule has 1 aromatic carbocycles. The van der Waals surface area contributed by atoms with Gasteiger partial charge < -0.3 is 10.1 Å². The van der Waals surface area contributed by atoms with Crippen LogP contribution >= 0.6 is 12.4 Å². The van der Waals surface area contributed by atoms with Crippen molar-refractivity contribution in [3.63, 3.8) is 0 Å². The minimum absolute atomic E-state index is 0. The van der Waals surface area contributed by atoms with Crippen LogP contribution in [0.3, 0.4) is 0 Å². The van der Waals surface area contributed by atoms with Crippen molar-refractivity contribution in [2.75, 3.05) is 33.3 Å². The second-order valence-corrected chi connectivity index (χ2v) is 5.84. The van der Waals surface area contributed by atoms with Crippen LogP contribution in [0.15, 0.2) is 18.2 Å². The summed E-state index contributed by atoms with van der Waals surface area (Å²) in [6.45, 7) is 3.93. The number of piperazine rings is 1. The quantitative estimate of drug-likeness (QED) is 0.904. The highest BCUT2D eigenvalue weighted by molar-refractivity contribution is 5.85. The molecule has 21 heavy (non-hydrogen) atoms. The monoisotopic (exact) mass is 314 g/mol. The highest BCUT2D eigenvalue weighted by atomic mass is 35.5. The SMILES string of the molecule is COc1cccc(F)c1[C@@H](CC1CC1)N1CCNCC1.Cl. The smallest absolute Gasteiger partial charge is 0.131 e. The van der Waals surface area contributed by atoms with E-state index in [0.717, 1.165) is 44.1 Å². The third kappa shape index (κ3) is 3.87. The molecule has 5 heteroatoms. The van der Waals surface area contributed by atoms with Gasteiger partial charge in [0.15, 0.2) is 0 Å². The molecule has 2 fully saturated rings. The van der Waals surface area contributed by atoms with Gasteiger partial charge in [0.2, 0.25) is 0 Å². The Morgan fingerprint density at radius 3 is 2.67 bits per heavy atom. The first kappa shape index (κ1) is 16.5. The van der Waals surface area contributed by atoms with Gasteiger partial charge in [-0.15, -0.1) is 12.4 Å². The van der Waals surface area contributed by atoms with Crippen LogP contribution < -0.4 is 10.1 Å². The lowest BCUT2D eigenvalue weighted by Gasteiger charge is -2.36. The molecule has 1 saturated heterocycles. The van der Waals surface area contributed by atoms with Crippen LogP contribution in [0.25, 0.3) is 0 Å². The lowest BCUT2D eigenvalue weighted by Crippen LogP contribution is -2.45. The van der Waals surface area contributed by atoms with Gasteiger partial charge in [-0.2, -0.15) is 0 Å². The summed E-state index contributed by atoms with van der Waals surface area (Å²) in [6.07, 6.45) is 3.63. The van der Waals surface area contributed by atoms with E-state index in [9.17, 15) is 4.39 Å². The summed E-state index contributed by atoms with van der Waals surface area (Å²) < 4.78 is 19.8. The van der Waals surface area contributed by atoms with E-state index in [0.29, 0.717) is 5.75 Å². The summed E-state index contributed by atoms with van der Waals surface area (Å²) in [5.74, 6) is 1.32. The summed E-state index contributed by atoms with van der Waals surface area (Å²) in [5.41, 5.74) is 0.754. The van der Waals surface area contributed by atoms with E-state index in [1.54, 1.807) is 19.2 Å². The lowest BCUT2D eigenvalue weighted by molar-refractivity contribution is 0.154. The Hall–Kier alpha value is -0.840. The average Bonchev–Trinajstić information content (AvgIpc) is 3.30. The van der Waals surface area contributed by atoms with Gasteiger partial charge in [0.1, 0.15) is 11.6 Å². The van der Waals surface area contributed by atoms with Gasteiger partial charge in [-0.3, -0.25) is 4.90 Å². The number of ether oxygens (including phenoxy) is 1. The molecule has 1 aliphatic heterocycles. The molecule has 3 nitrogen and oxygen atoms in total. The van der Waals surface area contributed by atoms with Crippen molar-refractivity contribution in [3.05, 3.63) is 29.6 Å². The van der Waals surface area contributed by atoms with E-state index in [1.165, 1.54) is 12.8 Å². The van der Waals surface area contributed by atoms with Crippen LogP contribution in [0.4, 0.5) is 4.39 Å². The summed E-state index contributed by atoms with van der Waals surface area (Å²) in [5, 5.41) is 3.37. The third-order valence-electron chi connectivity index (χ3n) is 4.41. The fourth-order valence-corrected chi connectivity index (χ4v) is 3.13. The highest BCUT2D eigenvalue weighted by Crippen LogP contribution is 2.43. The second-order valence-electron chi connectivity index (χ2n) is 5.84. The highest BCUT2D eigenvalue weighted by Gasteiger charge is 2.33. The number of nitrogens with zero attached hydrogens (tertiary/aromatic N) is 1. The van der Waals surface area contributed by atoms with E-state index in [1.807, 2.05) is 6.07 Å². The zero-order valence-electron chi connectivity index (χ0n) is 12.5. The Balaban J connectivity index is 0.00000161. The molecular formula is C16H24ClFN2O. The van der Waals surface area contributed by atoms with Crippen LogP contribution in [0.1, 0.15) is 30.9 Å². The Kier molecular flexibility index (Phi) is 5.85. The van der Waals surface area contributed by atoms with E-state index in [4.69, 9.17) is 4.74 Å². The molecule has 1 aromatic rings. The van der Waals surface area contributed by atoms with E-state index < -0.39 is 0 Å². The summed E-state index contributed by atoms with van der Waals surface area (Å²) in [6, 6.07) is 5.31. The first-order chi connectivity index (χ1) is 9.79. The van der Waals surface area contributed by atoms with Gasteiger partial charge in [-0.25, -0.2) is 4.39 Å². The number of hydrogen-bond acceptors (Lipinski definition) is 3. The van der Waals surface area contributed by atoms with Crippen molar-refractivity contribution < 1.29 is 9.13 Å². The molecule has 1 N–H and O–H groups in total. The molecule has 1 heterocycles. The van der Waals surface area contributed by atoms with Crippen LogP contribution in [0.5, 0.6) is 5.75 Å². The molecule has 0 spiro atoms. The van der Waals surface area contributed by atoms with Gasteiger partial charge in [-0.1, -0.05) is 18.9 Å². The zero-order chi connectivity index (χ0) is 13.9. The number of halogens is 2. The second kappa shape index (κ2) is 7.43. The van der Waals surface area contributed by atoms with E-state index in [2.05, 4.69) is 10.2 Å². The fraction of sp³-hybridized carbons (Fsp3) is 0.625. The average molecular weight is 315 g/mol. The summed E-state index contributed by atoms with van der Waals surface area (Å²) in [7, 11) is 1.63. The third-order valence-corrected chi connectivity index (χ3v) is 4.41. The molecule has 1 atom stereocenters. The van der Waals surface area contributed by atoms with Crippen LogP contribution in [-0.4, -0.2) is 38.2 Å². The molecule has 118 valence electrons. The minimum atomic E-state index is -0.131. The van der Waals surface area contributed by atoms with Crippen molar-refractivity contribution in [1.29, 1.82) is 0 Å². The first-order valence-electron chi connectivity index (χ1n) is 7.56. The molecule has 0 radical (unpaired) electrons. The van der Waals surface area contributed by atoms with Gasteiger partial charge in [-0.05, 0) is 24.5 Å². The molecule has 0 bridgehead atoms. The predicted octanol–water partition coefficient (Wildman–Crippen LogP) is 3.00. The number of benzene rings is 1. The molecular weight excluding hydrogens is 291 g/mol. The molecule has 2 aliphatic rings. The predicted molar refractivity (Wildman–Crippen MR) is 84.7 cm³/mol. The Bertz CT molecular complexity index is 462. The maximum absolute atomic E-state index is 14.4. The summed E-state index contributed by atoms with van der Waals surface area (Å²) in [4.78, 5) is 2.41. The molecule has 3 rings (SSSR count). The van der Waals surface area contributed by atoms with Crippen molar-refractivity contribution >= 4 is 12.4 Å². The molecule has 0 aromatic heterocycles. The standard InChI is InChI=1S/C16H23FN2O.ClH/c1-20-15-4-2-3-13(17)16(15)14(11-12-5-6-12)19-9-7-18-8-10-19;/h2-4,12,14,18H,5-11H2,1H3;1H/t14-;/m1./s1. The van der Waals surface area contributed by atoms with Crippen LogP contribution in [0, 0.1) is 11.7 Å². The maximum atomic E-state index is 14.4. The minimum Gasteiger partial charge on any atom is -0.496 e. The number of nitrogens with one attached hydrogen (secondary N) is 1. The molecule has 1 saturated carbocycles. The Morgan fingerprint density at radius 2 is 2.05 bits per heavy atom. The van der Waals surface area contributed by atoms with Crippen LogP contribution in [0.2, 0.25) is 0 Å². The van der Waals surface area contributed by atoms with Crippen molar-refractivity contribution in [3.8, 4) is 5.75 Å². The molecule has 0 unspecified atom stereocenters. The molecule has 0 amide bonds. The Morgan fingerprint density at radius 1 is 1.33 bits per heavy atom. The largest absolute Gasteiger partial charge is 0.496 e. The maximum Gasteiger partial charge on any atom is 0.131 e. The van der Waals surface area contributed by atoms with E-state index >= 15 is 0 Å². The lowest BCUT2D eigenvalue weighted by atomic mass is 9.97. The zero-order valence-corrected chi connectivity index (χ0v) is 13.3. The number of methoxy groups -OCH3 is 1. The summed E-state index contributed by atoms with van der Waals surface area (Å²) >= 11 is 0. The van der Waals surface area contributed by atoms with Crippen molar-refractivity contribution in [1.82, 2.24) is 10.2 Å². The molecule has 1 aliphatic carbocycles. The Labute approximate surface area is 132 Å². The van der Waals surface area contributed by atoms with Gasteiger partial charge in [0, 0.05) is 37.8 Å². The van der Waals surface area contributed by atoms with Gasteiger partial charge in [0.25, 0.3) is 0 Å². The van der Waals surface area contributed by atoms with Crippen LogP contribution in [-0.2, 0) is 0 Å². The first-order valence-corrected chi connectivity index (χ1v) is 7.56. The topological polar surface area (TPSA) is 24.5 Å². The van der Waals surface area contributed by atoms with Crippen molar-refractivity contribution in [2.24, 2.45) is 5.92 Å². The van der Waals surface area contributed by atoms with Gasteiger partial charge >= 0.3 is 0 Å². The van der Waals surface area contributed by atoms with E-state index in [-0.39, 0.29) is 24.3 Å².